The summed E-state index contributed by atoms with van der Waals surface area (Å²) in [6.07, 6.45) is -0.969. The van der Waals surface area contributed by atoms with Crippen LogP contribution in [0.5, 0.6) is 0 Å². The third kappa shape index (κ3) is 2.46. The molecule has 1 aliphatic carbocycles. The minimum absolute atomic E-state index is 0.0333. The van der Waals surface area contributed by atoms with Crippen molar-refractivity contribution in [3.8, 4) is 11.1 Å². The zero-order valence-corrected chi connectivity index (χ0v) is 13.6. The molecule has 25 heavy (non-hydrogen) atoms. The van der Waals surface area contributed by atoms with Crippen LogP contribution in [0.2, 0.25) is 0 Å². The number of carbonyl (C=O) groups excluding carboxylic acids is 2. The molecule has 1 unspecified atom stereocenters. The first-order valence-electron chi connectivity index (χ1n) is 8.03. The van der Waals surface area contributed by atoms with E-state index in [9.17, 15) is 14.0 Å². The normalized spacial score (nSPS) is 15.8. The molecule has 0 N–H and O–H groups in total. The lowest BCUT2D eigenvalue weighted by Gasteiger charge is -2.27. The van der Waals surface area contributed by atoms with Crippen molar-refractivity contribution in [3.63, 3.8) is 0 Å². The third-order valence-electron chi connectivity index (χ3n) is 4.45. The minimum Gasteiger partial charge on any atom is -0.358 e. The van der Waals surface area contributed by atoms with Gasteiger partial charge in [0.25, 0.3) is 0 Å². The summed E-state index contributed by atoms with van der Waals surface area (Å²) in [4.78, 5) is 24.3. The molecule has 3 aromatic rings. The zero-order valence-electron chi connectivity index (χ0n) is 13.6. The SMILES string of the molecule is CC(=O)COC1C(=O)c2c(F)cc3ccccc3c2-c2ccccc21. The molecule has 4 heteroatoms. The maximum atomic E-state index is 14.8. The smallest absolute Gasteiger partial charge is 0.199 e. The highest BCUT2D eigenvalue weighted by molar-refractivity contribution is 6.16. The number of carbonyl (C=O) groups is 2. The van der Waals surface area contributed by atoms with Crippen molar-refractivity contribution >= 4 is 22.3 Å². The van der Waals surface area contributed by atoms with Gasteiger partial charge in [-0.1, -0.05) is 48.5 Å². The number of rotatable bonds is 3. The molecule has 0 aliphatic heterocycles. The summed E-state index contributed by atoms with van der Waals surface area (Å²) < 4.78 is 20.3. The van der Waals surface area contributed by atoms with Crippen LogP contribution in [0, 0.1) is 5.82 Å². The molecule has 0 radical (unpaired) electrons. The molecule has 0 spiro atoms. The highest BCUT2D eigenvalue weighted by Crippen LogP contribution is 2.44. The number of fused-ring (bicyclic) bond motifs is 5. The Balaban J connectivity index is 2.01. The van der Waals surface area contributed by atoms with Gasteiger partial charge in [0.1, 0.15) is 18.5 Å². The number of benzene rings is 3. The van der Waals surface area contributed by atoms with Gasteiger partial charge in [0.15, 0.2) is 11.6 Å². The standard InChI is InChI=1S/C21H15FO3/c1-12(23)11-25-21-16-9-5-4-8-15(16)18-14-7-3-2-6-13(14)10-17(22)19(18)20(21)24/h2-10,21H,11H2,1H3. The van der Waals surface area contributed by atoms with Gasteiger partial charge in [-0.3, -0.25) is 9.59 Å². The zero-order chi connectivity index (χ0) is 17.6. The van der Waals surface area contributed by atoms with Crippen LogP contribution in [-0.2, 0) is 9.53 Å². The summed E-state index contributed by atoms with van der Waals surface area (Å²) in [6, 6.07) is 16.1. The van der Waals surface area contributed by atoms with E-state index < -0.39 is 17.7 Å². The van der Waals surface area contributed by atoms with Crippen LogP contribution in [0.1, 0.15) is 28.9 Å². The lowest BCUT2D eigenvalue weighted by molar-refractivity contribution is -0.122. The second-order valence-electron chi connectivity index (χ2n) is 6.17. The van der Waals surface area contributed by atoms with E-state index in [1.54, 1.807) is 6.07 Å². The first-order valence-corrected chi connectivity index (χ1v) is 8.03. The Morgan fingerprint density at radius 1 is 1.08 bits per heavy atom. The fraction of sp³-hybridized carbons (Fsp3) is 0.143. The van der Waals surface area contributed by atoms with Crippen LogP contribution >= 0.6 is 0 Å². The van der Waals surface area contributed by atoms with Crippen LogP contribution in [0.3, 0.4) is 0 Å². The first kappa shape index (κ1) is 15.7. The Kier molecular flexibility index (Phi) is 3.70. The number of Topliss-reactive ketones (excluding diaryl/α,β-unsaturated/α-hetero) is 2. The average Bonchev–Trinajstić information content (AvgIpc) is 2.60. The van der Waals surface area contributed by atoms with Crippen molar-refractivity contribution in [3.05, 3.63) is 71.5 Å². The van der Waals surface area contributed by atoms with Crippen LogP contribution in [-0.4, -0.2) is 18.2 Å². The molecule has 0 saturated carbocycles. The van der Waals surface area contributed by atoms with Crippen LogP contribution in [0.25, 0.3) is 21.9 Å². The van der Waals surface area contributed by atoms with E-state index in [2.05, 4.69) is 0 Å². The predicted octanol–water partition coefficient (Wildman–Crippen LogP) is 4.49. The molecule has 0 bridgehead atoms. The Labute approximate surface area is 144 Å². The molecule has 124 valence electrons. The molecule has 3 aromatic carbocycles. The van der Waals surface area contributed by atoms with Crippen LogP contribution < -0.4 is 0 Å². The highest BCUT2D eigenvalue weighted by Gasteiger charge is 2.36. The molecule has 0 saturated heterocycles. The van der Waals surface area contributed by atoms with Gasteiger partial charge in [-0.25, -0.2) is 4.39 Å². The van der Waals surface area contributed by atoms with Gasteiger partial charge in [0.2, 0.25) is 0 Å². The summed E-state index contributed by atoms with van der Waals surface area (Å²) in [5.41, 5.74) is 2.06. The summed E-state index contributed by atoms with van der Waals surface area (Å²) in [5, 5.41) is 1.56. The van der Waals surface area contributed by atoms with Crippen molar-refractivity contribution < 1.29 is 18.7 Å². The summed E-state index contributed by atoms with van der Waals surface area (Å²) in [6.45, 7) is 1.20. The number of hydrogen-bond donors (Lipinski definition) is 0. The highest BCUT2D eigenvalue weighted by atomic mass is 19.1. The molecule has 0 amide bonds. The fourth-order valence-electron chi connectivity index (χ4n) is 3.43. The van der Waals surface area contributed by atoms with Gasteiger partial charge < -0.3 is 4.74 Å². The second-order valence-corrected chi connectivity index (χ2v) is 6.17. The quantitative estimate of drug-likeness (QED) is 0.709. The van der Waals surface area contributed by atoms with Crippen LogP contribution in [0.4, 0.5) is 4.39 Å². The molecule has 0 heterocycles. The van der Waals surface area contributed by atoms with E-state index in [0.717, 1.165) is 16.3 Å². The van der Waals surface area contributed by atoms with Crippen molar-refractivity contribution in [2.45, 2.75) is 13.0 Å². The molecule has 3 nitrogen and oxygen atoms in total. The summed E-state index contributed by atoms with van der Waals surface area (Å²) in [7, 11) is 0. The first-order chi connectivity index (χ1) is 12.1. The van der Waals surface area contributed by atoms with Crippen molar-refractivity contribution in [1.29, 1.82) is 0 Å². The van der Waals surface area contributed by atoms with Gasteiger partial charge in [-0.2, -0.15) is 0 Å². The Morgan fingerprint density at radius 2 is 1.80 bits per heavy atom. The van der Waals surface area contributed by atoms with Gasteiger partial charge in [-0.15, -0.1) is 0 Å². The van der Waals surface area contributed by atoms with Gasteiger partial charge >= 0.3 is 0 Å². The molecule has 1 atom stereocenters. The van der Waals surface area contributed by atoms with Crippen LogP contribution in [0.15, 0.2) is 54.6 Å². The Bertz CT molecular complexity index is 1020. The topological polar surface area (TPSA) is 43.4 Å². The molecule has 4 rings (SSSR count). The monoisotopic (exact) mass is 334 g/mol. The summed E-state index contributed by atoms with van der Waals surface area (Å²) >= 11 is 0. The average molecular weight is 334 g/mol. The fourth-order valence-corrected chi connectivity index (χ4v) is 3.43. The second kappa shape index (κ2) is 5.90. The number of ether oxygens (including phenoxy) is 1. The Hall–Kier alpha value is -2.85. The van der Waals surface area contributed by atoms with Crippen molar-refractivity contribution in [2.24, 2.45) is 0 Å². The number of ketones is 2. The van der Waals surface area contributed by atoms with E-state index in [1.807, 2.05) is 42.5 Å². The van der Waals surface area contributed by atoms with Crippen molar-refractivity contribution in [2.75, 3.05) is 6.61 Å². The Morgan fingerprint density at radius 3 is 2.60 bits per heavy atom. The molecular weight excluding hydrogens is 319 g/mol. The predicted molar refractivity (Wildman–Crippen MR) is 93.0 cm³/mol. The molecule has 0 fully saturated rings. The third-order valence-corrected chi connectivity index (χ3v) is 4.45. The van der Waals surface area contributed by atoms with Gasteiger partial charge in [0.05, 0.1) is 5.56 Å². The largest absolute Gasteiger partial charge is 0.358 e. The van der Waals surface area contributed by atoms with E-state index >= 15 is 0 Å². The van der Waals surface area contributed by atoms with Gasteiger partial charge in [-0.05, 0) is 34.9 Å². The van der Waals surface area contributed by atoms with E-state index in [1.165, 1.54) is 13.0 Å². The van der Waals surface area contributed by atoms with E-state index in [4.69, 9.17) is 4.74 Å². The van der Waals surface area contributed by atoms with E-state index in [0.29, 0.717) is 11.1 Å². The maximum absolute atomic E-state index is 14.8. The van der Waals surface area contributed by atoms with E-state index in [-0.39, 0.29) is 18.0 Å². The molecule has 1 aliphatic rings. The summed E-state index contributed by atoms with van der Waals surface area (Å²) in [5.74, 6) is -1.20. The lowest BCUT2D eigenvalue weighted by Crippen LogP contribution is -2.25. The number of halogens is 1. The van der Waals surface area contributed by atoms with Gasteiger partial charge in [0, 0.05) is 5.56 Å². The maximum Gasteiger partial charge on any atom is 0.199 e. The number of hydrogen-bond acceptors (Lipinski definition) is 3. The molecular formula is C21H15FO3. The van der Waals surface area contributed by atoms with Crippen molar-refractivity contribution in [1.82, 2.24) is 0 Å². The lowest BCUT2D eigenvalue weighted by atomic mass is 9.80. The minimum atomic E-state index is -0.969. The molecule has 0 aromatic heterocycles.